The number of benzene rings is 3. The van der Waals surface area contributed by atoms with Gasteiger partial charge in [0.2, 0.25) is 0 Å². The van der Waals surface area contributed by atoms with Gasteiger partial charge in [-0.15, -0.1) is 0 Å². The summed E-state index contributed by atoms with van der Waals surface area (Å²) < 4.78 is 18.7. The third-order valence-corrected chi connectivity index (χ3v) is 4.74. The Kier molecular flexibility index (Phi) is 7.21. The number of ether oxygens (including phenoxy) is 1. The highest BCUT2D eigenvalue weighted by Gasteiger charge is 2.00. The molecule has 3 rings (SSSR count). The van der Waals surface area contributed by atoms with Crippen LogP contribution in [0.3, 0.4) is 0 Å². The molecular formula is C25H24FNO. The molecule has 0 heterocycles. The summed E-state index contributed by atoms with van der Waals surface area (Å²) in [5.74, 6) is 0.703. The number of hydrogen-bond donors (Lipinski definition) is 0. The van der Waals surface area contributed by atoms with Gasteiger partial charge in [0.15, 0.2) is 0 Å². The van der Waals surface area contributed by atoms with E-state index in [1.54, 1.807) is 0 Å². The van der Waals surface area contributed by atoms with Crippen molar-refractivity contribution >= 4 is 0 Å². The molecular weight excluding hydrogens is 349 g/mol. The van der Waals surface area contributed by atoms with Gasteiger partial charge < -0.3 is 4.74 Å². The lowest BCUT2D eigenvalue weighted by molar-refractivity contribution is 0.304. The van der Waals surface area contributed by atoms with E-state index in [4.69, 9.17) is 10.00 Å². The van der Waals surface area contributed by atoms with Gasteiger partial charge in [0, 0.05) is 0 Å². The van der Waals surface area contributed by atoms with Crippen LogP contribution in [-0.4, -0.2) is 6.61 Å². The molecule has 0 aromatic heterocycles. The fraction of sp³-hybridized carbons (Fsp3) is 0.240. The van der Waals surface area contributed by atoms with Crippen LogP contribution in [-0.2, 0) is 6.42 Å². The number of aryl methyl sites for hydroxylation is 1. The van der Waals surface area contributed by atoms with Crippen LogP contribution in [0.1, 0.15) is 36.8 Å². The predicted molar refractivity (Wildman–Crippen MR) is 111 cm³/mol. The first kappa shape index (κ1) is 19.6. The fourth-order valence-corrected chi connectivity index (χ4v) is 3.11. The van der Waals surface area contributed by atoms with Crippen LogP contribution in [0, 0.1) is 17.1 Å². The predicted octanol–water partition coefficient (Wildman–Crippen LogP) is 6.55. The first-order valence-electron chi connectivity index (χ1n) is 9.72. The number of nitrogens with zero attached hydrogens (tertiary/aromatic N) is 1. The van der Waals surface area contributed by atoms with Crippen molar-refractivity contribution in [3.05, 3.63) is 89.7 Å². The Hall–Kier alpha value is -3.12. The van der Waals surface area contributed by atoms with E-state index in [0.717, 1.165) is 49.0 Å². The average Bonchev–Trinajstić information content (AvgIpc) is 2.75. The third kappa shape index (κ3) is 5.96. The van der Waals surface area contributed by atoms with E-state index < -0.39 is 0 Å². The molecule has 0 radical (unpaired) electrons. The van der Waals surface area contributed by atoms with Gasteiger partial charge in [0.25, 0.3) is 0 Å². The molecule has 2 nitrogen and oxygen atoms in total. The lowest BCUT2D eigenvalue weighted by atomic mass is 10.0. The standard InChI is InChI=1S/C25H24FNO/c26-24-14-8-20(9-15-24)5-3-1-2-4-18-28-25-16-12-23(13-17-25)22-10-6-21(19-27)7-11-22/h6-17H,1-5,18H2. The maximum atomic E-state index is 12.9. The molecule has 0 bridgehead atoms. The molecule has 0 amide bonds. The van der Waals surface area contributed by atoms with E-state index in [9.17, 15) is 4.39 Å². The van der Waals surface area contributed by atoms with E-state index in [2.05, 4.69) is 6.07 Å². The summed E-state index contributed by atoms with van der Waals surface area (Å²) in [6.45, 7) is 0.715. The molecule has 0 aliphatic heterocycles. The highest BCUT2D eigenvalue weighted by Crippen LogP contribution is 2.23. The Morgan fingerprint density at radius 2 is 1.32 bits per heavy atom. The number of nitriles is 1. The molecule has 3 aromatic rings. The number of hydrogen-bond acceptors (Lipinski definition) is 2. The van der Waals surface area contributed by atoms with Crippen molar-refractivity contribution in [1.82, 2.24) is 0 Å². The normalized spacial score (nSPS) is 10.4. The van der Waals surface area contributed by atoms with Crippen molar-refractivity contribution in [2.45, 2.75) is 32.1 Å². The average molecular weight is 373 g/mol. The zero-order valence-corrected chi connectivity index (χ0v) is 15.9. The second-order valence-electron chi connectivity index (χ2n) is 6.85. The molecule has 0 spiro atoms. The molecule has 142 valence electrons. The molecule has 0 N–H and O–H groups in total. The highest BCUT2D eigenvalue weighted by molar-refractivity contribution is 5.64. The van der Waals surface area contributed by atoms with Crippen molar-refractivity contribution in [3.63, 3.8) is 0 Å². The Labute approximate surface area is 166 Å². The summed E-state index contributed by atoms with van der Waals surface area (Å²) in [6, 6.07) is 24.5. The molecule has 0 saturated heterocycles. The van der Waals surface area contributed by atoms with E-state index in [1.165, 1.54) is 17.7 Å². The van der Waals surface area contributed by atoms with Crippen LogP contribution in [0.25, 0.3) is 11.1 Å². The van der Waals surface area contributed by atoms with E-state index in [0.29, 0.717) is 12.2 Å². The Morgan fingerprint density at radius 3 is 1.96 bits per heavy atom. The van der Waals surface area contributed by atoms with Crippen molar-refractivity contribution in [3.8, 4) is 22.9 Å². The fourth-order valence-electron chi connectivity index (χ4n) is 3.11. The molecule has 0 fully saturated rings. The van der Waals surface area contributed by atoms with Crippen LogP contribution < -0.4 is 4.74 Å². The molecule has 3 heteroatoms. The summed E-state index contributed by atoms with van der Waals surface area (Å²) in [5.41, 5.74) is 4.06. The minimum absolute atomic E-state index is 0.175. The Balaban J connectivity index is 1.33. The summed E-state index contributed by atoms with van der Waals surface area (Å²) in [7, 11) is 0. The first-order chi connectivity index (χ1) is 13.7. The molecule has 3 aromatic carbocycles. The zero-order valence-electron chi connectivity index (χ0n) is 15.9. The summed E-state index contributed by atoms with van der Waals surface area (Å²) >= 11 is 0. The SMILES string of the molecule is N#Cc1ccc(-c2ccc(OCCCCCCc3ccc(F)cc3)cc2)cc1. The van der Waals surface area contributed by atoms with Gasteiger partial charge in [-0.2, -0.15) is 5.26 Å². The van der Waals surface area contributed by atoms with E-state index >= 15 is 0 Å². The Bertz CT molecular complexity index is 893. The molecule has 0 aliphatic carbocycles. The van der Waals surface area contributed by atoms with Crippen molar-refractivity contribution in [2.75, 3.05) is 6.61 Å². The van der Waals surface area contributed by atoms with E-state index in [-0.39, 0.29) is 5.82 Å². The molecule has 0 saturated carbocycles. The largest absolute Gasteiger partial charge is 0.494 e. The maximum absolute atomic E-state index is 12.9. The van der Waals surface area contributed by atoms with Crippen LogP contribution in [0.2, 0.25) is 0 Å². The van der Waals surface area contributed by atoms with Crippen LogP contribution in [0.15, 0.2) is 72.8 Å². The van der Waals surface area contributed by atoms with Crippen molar-refractivity contribution < 1.29 is 9.13 Å². The molecule has 0 atom stereocenters. The molecule has 28 heavy (non-hydrogen) atoms. The zero-order chi connectivity index (χ0) is 19.6. The van der Waals surface area contributed by atoms with Gasteiger partial charge in [-0.3, -0.25) is 0 Å². The van der Waals surface area contributed by atoms with Gasteiger partial charge in [0.1, 0.15) is 11.6 Å². The second-order valence-corrected chi connectivity index (χ2v) is 6.85. The van der Waals surface area contributed by atoms with Gasteiger partial charge in [-0.25, -0.2) is 4.39 Å². The van der Waals surface area contributed by atoms with Crippen LogP contribution in [0.5, 0.6) is 5.75 Å². The number of halogens is 1. The summed E-state index contributed by atoms with van der Waals surface area (Å²) in [4.78, 5) is 0. The third-order valence-electron chi connectivity index (χ3n) is 4.74. The lowest BCUT2D eigenvalue weighted by Gasteiger charge is -2.08. The first-order valence-corrected chi connectivity index (χ1v) is 9.72. The monoisotopic (exact) mass is 373 g/mol. The molecule has 0 aliphatic rings. The van der Waals surface area contributed by atoms with Crippen molar-refractivity contribution in [2.24, 2.45) is 0 Å². The topological polar surface area (TPSA) is 33.0 Å². The minimum atomic E-state index is -0.175. The molecule has 0 unspecified atom stereocenters. The van der Waals surface area contributed by atoms with Crippen LogP contribution >= 0.6 is 0 Å². The number of rotatable bonds is 9. The Morgan fingerprint density at radius 1 is 0.714 bits per heavy atom. The maximum Gasteiger partial charge on any atom is 0.123 e. The van der Waals surface area contributed by atoms with Gasteiger partial charge >= 0.3 is 0 Å². The lowest BCUT2D eigenvalue weighted by Crippen LogP contribution is -1.97. The summed E-state index contributed by atoms with van der Waals surface area (Å²) in [6.07, 6.45) is 5.42. The minimum Gasteiger partial charge on any atom is -0.494 e. The smallest absolute Gasteiger partial charge is 0.123 e. The highest BCUT2D eigenvalue weighted by atomic mass is 19.1. The summed E-state index contributed by atoms with van der Waals surface area (Å²) in [5, 5.41) is 8.87. The van der Waals surface area contributed by atoms with E-state index in [1.807, 2.05) is 60.7 Å². The van der Waals surface area contributed by atoms with Gasteiger partial charge in [0.05, 0.1) is 18.2 Å². The quantitative estimate of drug-likeness (QED) is 0.399. The second kappa shape index (κ2) is 10.3. The van der Waals surface area contributed by atoms with Crippen molar-refractivity contribution in [1.29, 1.82) is 5.26 Å². The number of unbranched alkanes of at least 4 members (excludes halogenated alkanes) is 3. The van der Waals surface area contributed by atoms with Crippen LogP contribution in [0.4, 0.5) is 4.39 Å². The van der Waals surface area contributed by atoms with Gasteiger partial charge in [-0.05, 0) is 72.4 Å². The van der Waals surface area contributed by atoms with Gasteiger partial charge in [-0.1, -0.05) is 49.2 Å².